The molecule has 26 heavy (non-hydrogen) atoms. The zero-order chi connectivity index (χ0) is 17.8. The molecule has 0 aliphatic heterocycles. The van der Waals surface area contributed by atoms with Crippen molar-refractivity contribution in [2.24, 2.45) is 0 Å². The minimum atomic E-state index is -0.105. The first-order valence-corrected chi connectivity index (χ1v) is 8.90. The number of aromatic nitrogens is 1. The molecule has 0 radical (unpaired) electrons. The van der Waals surface area contributed by atoms with Crippen molar-refractivity contribution < 1.29 is 9.21 Å². The van der Waals surface area contributed by atoms with Gasteiger partial charge in [0.2, 0.25) is 0 Å². The molecule has 5 heteroatoms. The maximum Gasteiger partial charge on any atom is 0.251 e. The lowest BCUT2D eigenvalue weighted by molar-refractivity contribution is 0.0950. The molecule has 1 aliphatic carbocycles. The van der Waals surface area contributed by atoms with Crippen LogP contribution in [0.1, 0.15) is 46.3 Å². The van der Waals surface area contributed by atoms with Crippen LogP contribution in [0.25, 0.3) is 0 Å². The maximum absolute atomic E-state index is 12.4. The fourth-order valence-corrected chi connectivity index (χ4v) is 3.36. The molecule has 1 amide bonds. The number of nitrogens with one attached hydrogen (secondary N) is 2. The minimum Gasteiger partial charge on any atom is -0.469 e. The van der Waals surface area contributed by atoms with Gasteiger partial charge in [0.25, 0.3) is 5.91 Å². The van der Waals surface area contributed by atoms with Crippen molar-refractivity contribution in [1.82, 2.24) is 10.3 Å². The summed E-state index contributed by atoms with van der Waals surface area (Å²) in [6.07, 6.45) is 6.63. The van der Waals surface area contributed by atoms with Crippen LogP contribution < -0.4 is 10.6 Å². The van der Waals surface area contributed by atoms with Crippen LogP contribution in [-0.2, 0) is 13.0 Å². The Labute approximate surface area is 152 Å². The Balaban J connectivity index is 1.43. The fourth-order valence-electron chi connectivity index (χ4n) is 3.36. The number of anilines is 1. The molecule has 2 N–H and O–H groups in total. The Morgan fingerprint density at radius 2 is 2.15 bits per heavy atom. The molecule has 3 aromatic rings. The first kappa shape index (κ1) is 16.4. The number of hydrogen-bond donors (Lipinski definition) is 2. The third-order valence-electron chi connectivity index (χ3n) is 4.67. The third kappa shape index (κ3) is 3.61. The highest BCUT2D eigenvalue weighted by atomic mass is 16.3. The molecule has 1 aromatic carbocycles. The van der Waals surface area contributed by atoms with E-state index in [1.54, 1.807) is 12.5 Å². The average molecular weight is 347 g/mol. The van der Waals surface area contributed by atoms with E-state index in [0.29, 0.717) is 12.1 Å². The fraction of sp³-hybridized carbons (Fsp3) is 0.238. The number of carbonyl (C=O) groups is 1. The minimum absolute atomic E-state index is 0.105. The van der Waals surface area contributed by atoms with Gasteiger partial charge in [-0.05, 0) is 49.2 Å². The van der Waals surface area contributed by atoms with E-state index >= 15 is 0 Å². The van der Waals surface area contributed by atoms with Crippen LogP contribution in [0, 0.1) is 0 Å². The lowest BCUT2D eigenvalue weighted by atomic mass is 9.93. The summed E-state index contributed by atoms with van der Waals surface area (Å²) in [7, 11) is 0. The van der Waals surface area contributed by atoms with Gasteiger partial charge < -0.3 is 15.1 Å². The highest BCUT2D eigenvalue weighted by molar-refractivity contribution is 5.95. The van der Waals surface area contributed by atoms with E-state index in [9.17, 15) is 4.79 Å². The van der Waals surface area contributed by atoms with Gasteiger partial charge in [-0.2, -0.15) is 0 Å². The molecule has 1 unspecified atom stereocenters. The first-order valence-electron chi connectivity index (χ1n) is 8.90. The zero-order valence-corrected chi connectivity index (χ0v) is 14.4. The van der Waals surface area contributed by atoms with E-state index in [2.05, 4.69) is 15.6 Å². The topological polar surface area (TPSA) is 67.2 Å². The number of carbonyl (C=O) groups excluding carboxylic acids is 1. The monoisotopic (exact) mass is 347 g/mol. The van der Waals surface area contributed by atoms with Gasteiger partial charge in [0.1, 0.15) is 5.76 Å². The number of pyridine rings is 1. The van der Waals surface area contributed by atoms with Crippen molar-refractivity contribution >= 4 is 11.6 Å². The van der Waals surface area contributed by atoms with Gasteiger partial charge in [0.15, 0.2) is 0 Å². The molecule has 4 rings (SSSR count). The Bertz CT molecular complexity index is 889. The summed E-state index contributed by atoms with van der Waals surface area (Å²) >= 11 is 0. The smallest absolute Gasteiger partial charge is 0.251 e. The average Bonchev–Trinajstić information content (AvgIpc) is 3.17. The lowest BCUT2D eigenvalue weighted by Crippen LogP contribution is -2.23. The molecule has 2 aromatic heterocycles. The van der Waals surface area contributed by atoms with E-state index in [1.165, 1.54) is 5.56 Å². The Kier molecular flexibility index (Phi) is 4.69. The van der Waals surface area contributed by atoms with Gasteiger partial charge in [0.05, 0.1) is 24.5 Å². The molecule has 2 heterocycles. The maximum atomic E-state index is 12.4. The predicted molar refractivity (Wildman–Crippen MR) is 99.9 cm³/mol. The summed E-state index contributed by atoms with van der Waals surface area (Å²) in [5.74, 6) is 0.963. The molecular formula is C21H21N3O2. The molecule has 0 bridgehead atoms. The van der Waals surface area contributed by atoms with Crippen molar-refractivity contribution in [1.29, 1.82) is 0 Å². The molecule has 0 spiro atoms. The Morgan fingerprint density at radius 3 is 3.04 bits per heavy atom. The van der Waals surface area contributed by atoms with Crippen molar-refractivity contribution in [3.05, 3.63) is 83.6 Å². The molecule has 0 fully saturated rings. The number of furan rings is 1. The van der Waals surface area contributed by atoms with E-state index in [1.807, 2.05) is 48.5 Å². The summed E-state index contributed by atoms with van der Waals surface area (Å²) in [6, 6.07) is 15.5. The second-order valence-corrected chi connectivity index (χ2v) is 6.47. The van der Waals surface area contributed by atoms with Crippen LogP contribution in [0.4, 0.5) is 5.69 Å². The van der Waals surface area contributed by atoms with E-state index < -0.39 is 0 Å². The summed E-state index contributed by atoms with van der Waals surface area (Å²) in [6.45, 7) is 0.415. The molecule has 5 nitrogen and oxygen atoms in total. The van der Waals surface area contributed by atoms with Crippen LogP contribution in [0.3, 0.4) is 0 Å². The summed E-state index contributed by atoms with van der Waals surface area (Å²) in [5.41, 5.74) is 3.63. The van der Waals surface area contributed by atoms with Crippen molar-refractivity contribution in [2.45, 2.75) is 31.8 Å². The standard InChI is InChI=1S/C21H21N3O2/c25-21(23-14-17-6-1-2-11-22-17)15-5-3-7-16(13-15)24-19-8-4-9-20-18(19)10-12-26-20/h1-3,5-7,10-13,19,24H,4,8-9,14H2,(H,23,25). The number of aryl methyl sites for hydroxylation is 1. The van der Waals surface area contributed by atoms with Crippen LogP contribution in [0.2, 0.25) is 0 Å². The normalized spacial score (nSPS) is 15.9. The quantitative estimate of drug-likeness (QED) is 0.729. The number of nitrogens with zero attached hydrogens (tertiary/aromatic N) is 1. The lowest BCUT2D eigenvalue weighted by Gasteiger charge is -2.24. The number of fused-ring (bicyclic) bond motifs is 1. The first-order chi connectivity index (χ1) is 12.8. The van der Waals surface area contributed by atoms with Crippen LogP contribution >= 0.6 is 0 Å². The molecule has 0 saturated heterocycles. The summed E-state index contributed by atoms with van der Waals surface area (Å²) in [5, 5.41) is 6.45. The number of benzene rings is 1. The van der Waals surface area contributed by atoms with E-state index in [4.69, 9.17) is 4.42 Å². The van der Waals surface area contributed by atoms with Crippen molar-refractivity contribution in [3.8, 4) is 0 Å². The van der Waals surface area contributed by atoms with Gasteiger partial charge in [-0.15, -0.1) is 0 Å². The van der Waals surface area contributed by atoms with Crippen LogP contribution in [-0.4, -0.2) is 10.9 Å². The van der Waals surface area contributed by atoms with E-state index in [-0.39, 0.29) is 11.9 Å². The number of amides is 1. The SMILES string of the molecule is O=C(NCc1ccccn1)c1cccc(NC2CCCc3occc32)c1. The highest BCUT2D eigenvalue weighted by Gasteiger charge is 2.22. The van der Waals surface area contributed by atoms with Crippen LogP contribution in [0.5, 0.6) is 0 Å². The predicted octanol–water partition coefficient (Wildman–Crippen LogP) is 4.09. The summed E-state index contributed by atoms with van der Waals surface area (Å²) < 4.78 is 5.55. The van der Waals surface area contributed by atoms with Gasteiger partial charge >= 0.3 is 0 Å². The van der Waals surface area contributed by atoms with Gasteiger partial charge in [-0.25, -0.2) is 0 Å². The molecule has 132 valence electrons. The van der Waals surface area contributed by atoms with Crippen LogP contribution in [0.15, 0.2) is 65.4 Å². The van der Waals surface area contributed by atoms with Crippen molar-refractivity contribution in [2.75, 3.05) is 5.32 Å². The van der Waals surface area contributed by atoms with E-state index in [0.717, 1.165) is 36.4 Å². The second-order valence-electron chi connectivity index (χ2n) is 6.47. The third-order valence-corrected chi connectivity index (χ3v) is 4.67. The highest BCUT2D eigenvalue weighted by Crippen LogP contribution is 2.33. The van der Waals surface area contributed by atoms with Gasteiger partial charge in [0, 0.05) is 29.4 Å². The molecule has 1 atom stereocenters. The Hall–Kier alpha value is -3.08. The molecule has 1 aliphatic rings. The van der Waals surface area contributed by atoms with Gasteiger partial charge in [-0.1, -0.05) is 12.1 Å². The Morgan fingerprint density at radius 1 is 1.19 bits per heavy atom. The second kappa shape index (κ2) is 7.44. The molecular weight excluding hydrogens is 326 g/mol. The number of rotatable bonds is 5. The summed E-state index contributed by atoms with van der Waals surface area (Å²) in [4.78, 5) is 16.7. The molecule has 0 saturated carbocycles. The zero-order valence-electron chi connectivity index (χ0n) is 14.4. The number of hydrogen-bond acceptors (Lipinski definition) is 4. The largest absolute Gasteiger partial charge is 0.469 e. The van der Waals surface area contributed by atoms with Crippen molar-refractivity contribution in [3.63, 3.8) is 0 Å². The van der Waals surface area contributed by atoms with Gasteiger partial charge in [-0.3, -0.25) is 9.78 Å².